The Hall–Kier alpha value is 2.42. The van der Waals surface area contributed by atoms with Crippen molar-refractivity contribution < 1.29 is 47.7 Å². The summed E-state index contributed by atoms with van der Waals surface area (Å²) in [5.74, 6) is 0. The van der Waals surface area contributed by atoms with Crippen LogP contribution in [-0.4, -0.2) is 109 Å². The Balaban J connectivity index is -0.0000000178. The first-order valence-electron chi connectivity index (χ1n) is 1.41. The van der Waals surface area contributed by atoms with E-state index in [1.807, 2.05) is 0 Å². The van der Waals surface area contributed by atoms with Gasteiger partial charge in [0.2, 0.25) is 0 Å². The van der Waals surface area contributed by atoms with Gasteiger partial charge in [0, 0.05) is 10.4 Å². The molecule has 0 atom stereocenters. The van der Waals surface area contributed by atoms with E-state index in [1.54, 1.807) is 0 Å². The molecule has 0 saturated heterocycles. The second kappa shape index (κ2) is 15.4. The third-order valence-electron chi connectivity index (χ3n) is 0. The Bertz CT molecular complexity index is 196. The molecule has 0 unspecified atom stereocenters. The van der Waals surface area contributed by atoms with Crippen molar-refractivity contribution >= 4 is 93.7 Å². The second-order valence-electron chi connectivity index (χ2n) is 0.877. The molecule has 5 N–H and O–H groups in total. The fraction of sp³-hybridized carbons (Fsp3) is 0. The van der Waals surface area contributed by atoms with Crippen molar-refractivity contribution in [1.29, 1.82) is 0 Å². The molecule has 0 heterocycles. The van der Waals surface area contributed by atoms with Crippen molar-refractivity contribution in [2.24, 2.45) is 0 Å². The maximum atomic E-state index is 8.66. The fourth-order valence-electron chi connectivity index (χ4n) is 0. The standard InChI is InChI=1S/2Ca.H3O4P.H2O4S.2H2O/c;;2*1-5(2,3)4;;/h;;(H3,1,2,3,4);(H2,1,2,3,4);2*1H2/q2*+2;;;;/p-4. The summed E-state index contributed by atoms with van der Waals surface area (Å²) in [7, 11) is -10.3. The van der Waals surface area contributed by atoms with Gasteiger partial charge < -0.3 is 39.3 Å². The van der Waals surface area contributed by atoms with E-state index < -0.39 is 18.2 Å². The third kappa shape index (κ3) is 444. The molecule has 0 aromatic rings. The van der Waals surface area contributed by atoms with E-state index in [0.717, 1.165) is 0 Å². The average molecular weight is 308 g/mol. The smallest absolute Gasteiger partial charge is 0.790 e. The van der Waals surface area contributed by atoms with E-state index in [0.29, 0.717) is 0 Å². The molecule has 0 aliphatic rings. The molecule has 0 bridgehead atoms. The maximum Gasteiger partial charge on any atom is 2.00 e. The first-order chi connectivity index (χ1) is 4.00. The maximum absolute atomic E-state index is 8.66. The van der Waals surface area contributed by atoms with Crippen LogP contribution in [0.2, 0.25) is 0 Å². The van der Waals surface area contributed by atoms with Gasteiger partial charge in [-0.3, -0.25) is 8.42 Å². The van der Waals surface area contributed by atoms with Crippen LogP contribution in [0.25, 0.3) is 0 Å². The molecule has 0 amide bonds. The topological polar surface area (TPSA) is 227 Å². The molecule has 0 aliphatic heterocycles. The van der Waals surface area contributed by atoms with Gasteiger partial charge in [-0.05, 0) is 0 Å². The molecule has 0 aromatic carbocycles. The van der Waals surface area contributed by atoms with E-state index >= 15 is 0 Å². The molecular weight excluding hydrogens is 303 g/mol. The molecule has 0 fully saturated rings. The van der Waals surface area contributed by atoms with E-state index in [9.17, 15) is 0 Å². The van der Waals surface area contributed by atoms with Gasteiger partial charge in [-0.1, -0.05) is 0 Å². The normalized spacial score (nSPS) is 8.36. The number of phosphoric acid groups is 1. The van der Waals surface area contributed by atoms with Crippen molar-refractivity contribution in [3.8, 4) is 0 Å². The zero-order valence-corrected chi connectivity index (χ0v) is 12.7. The van der Waals surface area contributed by atoms with Crippen LogP contribution in [0.15, 0.2) is 0 Å². The van der Waals surface area contributed by atoms with Crippen LogP contribution in [0, 0.1) is 0 Å². The SMILES string of the molecule is O.O.O=P([O-])([O-])O.O=S(=O)([O-])[O-].[Ca+2].[Ca+2]. The van der Waals surface area contributed by atoms with Crippen molar-refractivity contribution in [2.45, 2.75) is 0 Å². The average Bonchev–Trinajstić information content (AvgIpc) is 1.12. The van der Waals surface area contributed by atoms with Gasteiger partial charge in [0.05, 0.1) is 7.82 Å². The summed E-state index contributed by atoms with van der Waals surface area (Å²) in [5, 5.41) is 0. The van der Waals surface area contributed by atoms with Crippen molar-refractivity contribution in [2.75, 3.05) is 0 Å². The van der Waals surface area contributed by atoms with Gasteiger partial charge in [-0.2, -0.15) is 0 Å². The molecule has 14 heteroatoms. The second-order valence-corrected chi connectivity index (χ2v) is 2.63. The molecule has 0 radical (unpaired) electrons. The molecular formula is H5Ca2O10PS. The summed E-state index contributed by atoms with van der Waals surface area (Å²) in [4.78, 5) is 24.3. The van der Waals surface area contributed by atoms with E-state index in [-0.39, 0.29) is 86.4 Å². The molecule has 0 saturated carbocycles. The predicted molar refractivity (Wildman–Crippen MR) is 39.0 cm³/mol. The third-order valence-corrected chi connectivity index (χ3v) is 0. The quantitative estimate of drug-likeness (QED) is 0.195. The van der Waals surface area contributed by atoms with Gasteiger partial charge in [-0.25, -0.2) is 0 Å². The number of hydrogen-bond acceptors (Lipinski definition) is 7. The predicted octanol–water partition coefficient (Wildman–Crippen LogP) is -5.94. The van der Waals surface area contributed by atoms with Crippen LogP contribution in [0.3, 0.4) is 0 Å². The van der Waals surface area contributed by atoms with Crippen molar-refractivity contribution in [1.82, 2.24) is 0 Å². The Morgan fingerprint density at radius 3 is 1.00 bits per heavy atom. The van der Waals surface area contributed by atoms with Crippen LogP contribution in [-0.2, 0) is 15.0 Å². The fourth-order valence-corrected chi connectivity index (χ4v) is 0. The van der Waals surface area contributed by atoms with E-state index in [4.69, 9.17) is 36.8 Å². The summed E-state index contributed by atoms with van der Waals surface area (Å²) in [5.41, 5.74) is 0. The van der Waals surface area contributed by atoms with Crippen LogP contribution in [0.1, 0.15) is 0 Å². The summed E-state index contributed by atoms with van der Waals surface area (Å²) in [6.45, 7) is 0. The molecule has 0 aromatic heterocycles. The van der Waals surface area contributed by atoms with Crippen molar-refractivity contribution in [3.05, 3.63) is 0 Å². The summed E-state index contributed by atoms with van der Waals surface area (Å²) in [6, 6.07) is 0. The first-order valence-corrected chi connectivity index (χ1v) is 4.24. The zero-order valence-electron chi connectivity index (χ0n) is 6.57. The number of hydrogen-bond donors (Lipinski definition) is 1. The Morgan fingerprint density at radius 1 is 1.00 bits per heavy atom. The molecule has 80 valence electrons. The minimum absolute atomic E-state index is 0. The van der Waals surface area contributed by atoms with Gasteiger partial charge >= 0.3 is 75.5 Å². The van der Waals surface area contributed by atoms with Crippen LogP contribution in [0.5, 0.6) is 0 Å². The minimum Gasteiger partial charge on any atom is -0.790 e. The van der Waals surface area contributed by atoms with Crippen molar-refractivity contribution in [3.63, 3.8) is 0 Å². The minimum atomic E-state index is -5.17. The van der Waals surface area contributed by atoms with Crippen LogP contribution < -0.4 is 9.79 Å². The molecule has 10 nitrogen and oxygen atoms in total. The van der Waals surface area contributed by atoms with Crippen LogP contribution in [0.4, 0.5) is 0 Å². The molecule has 14 heavy (non-hydrogen) atoms. The van der Waals surface area contributed by atoms with Gasteiger partial charge in [0.1, 0.15) is 0 Å². The largest absolute Gasteiger partial charge is 2.00 e. The molecule has 0 spiro atoms. The Labute approximate surface area is 139 Å². The number of rotatable bonds is 0. The summed E-state index contributed by atoms with van der Waals surface area (Å²) in [6.07, 6.45) is 0. The zero-order chi connectivity index (χ0) is 9.00. The van der Waals surface area contributed by atoms with Gasteiger partial charge in [0.15, 0.2) is 0 Å². The summed E-state index contributed by atoms with van der Waals surface area (Å²) < 4.78 is 42.7. The Morgan fingerprint density at radius 2 is 1.00 bits per heavy atom. The van der Waals surface area contributed by atoms with Crippen LogP contribution >= 0.6 is 7.82 Å². The Kier molecular flexibility index (Phi) is 39.6. The molecule has 0 aliphatic carbocycles. The summed E-state index contributed by atoms with van der Waals surface area (Å²) >= 11 is 0. The van der Waals surface area contributed by atoms with Gasteiger partial charge in [0.25, 0.3) is 0 Å². The monoisotopic (exact) mass is 308 g/mol. The molecule has 0 rings (SSSR count). The first kappa shape index (κ1) is 36.0. The van der Waals surface area contributed by atoms with Gasteiger partial charge in [-0.15, -0.1) is 0 Å². The van der Waals surface area contributed by atoms with E-state index in [2.05, 4.69) is 0 Å². The van der Waals surface area contributed by atoms with E-state index in [1.165, 1.54) is 0 Å².